The number of fused-ring (bicyclic) bond motifs is 2. The molecule has 0 bridgehead atoms. The molecule has 0 unspecified atom stereocenters. The minimum atomic E-state index is -4.73. The Kier molecular flexibility index (Phi) is 27.5. The number of urea groups is 1. The molecule has 0 spiro atoms. The van der Waals surface area contributed by atoms with Crippen LogP contribution in [0, 0.1) is 6.92 Å². The summed E-state index contributed by atoms with van der Waals surface area (Å²) >= 11 is 1.52. The van der Waals surface area contributed by atoms with E-state index < -0.39 is 30.0 Å². The van der Waals surface area contributed by atoms with Crippen molar-refractivity contribution in [3.05, 3.63) is 163 Å². The van der Waals surface area contributed by atoms with Crippen LogP contribution < -0.4 is 96.6 Å². The monoisotopic (exact) mass is 1100 g/mol. The third-order valence-corrected chi connectivity index (χ3v) is 12.8. The third kappa shape index (κ3) is 19.5. The molecular weight excluding hydrogens is 1070 g/mol. The molecule has 0 heterocycles. The summed E-state index contributed by atoms with van der Waals surface area (Å²) in [4.78, 5) is 11.8. The van der Waals surface area contributed by atoms with Crippen LogP contribution in [0.15, 0.2) is 218 Å². The zero-order valence-corrected chi connectivity index (χ0v) is 45.3. The van der Waals surface area contributed by atoms with Crippen molar-refractivity contribution in [1.29, 1.82) is 0 Å². The maximum Gasteiger partial charge on any atom is 1.00 e. The Balaban J connectivity index is 0.000000392. The van der Waals surface area contributed by atoms with Crippen LogP contribution in [0.2, 0.25) is 0 Å². The average molecular weight is 1100 g/mol. The molecule has 31 heteroatoms. The Hall–Kier alpha value is -5.38. The van der Waals surface area contributed by atoms with Gasteiger partial charge in [0.15, 0.2) is 0 Å². The standard InChI is InChI=1S/C24H20N6O7S2.C23H18N4O6S2.4Li/c1-25-24(31)26-15-2-4-16(5-3-15)27-29-22-12-13-23(21-14-19(39-37-35-33)10-11-20(21)22)30-28-17-6-8-18(9-7-17)38-36-34-32;1-15-2-4-16(5-3-15)24-26-22-12-13-23(21-14-19(35(31,32)33)10-11-20(21)22)27-25-17-6-8-18(9-7-17)34(28,29)30;;;;/h2-14,32-33H,1H3,(H2,25,26,31);2-14H,1H3,(H,28,29,30)(H,31,32,33);;;;/q;;4*+1/p-4. The van der Waals surface area contributed by atoms with Gasteiger partial charge < -0.3 is 30.3 Å². The van der Waals surface area contributed by atoms with Crippen LogP contribution in [0.4, 0.5) is 56.0 Å². The van der Waals surface area contributed by atoms with Crippen molar-refractivity contribution >= 4 is 123 Å². The quantitative estimate of drug-likeness (QED) is 0.0295. The van der Waals surface area contributed by atoms with E-state index in [0.717, 1.165) is 47.2 Å². The number of carbonyl (C=O) groups is 1. The number of nitrogens with zero attached hydrogens (tertiary/aromatic N) is 8. The molecular formula is C47H34Li4N10O13S4. The van der Waals surface area contributed by atoms with Gasteiger partial charge in [0.25, 0.3) is 0 Å². The first-order chi connectivity index (χ1) is 35.6. The summed E-state index contributed by atoms with van der Waals surface area (Å²) in [5, 5.41) is 68.3. The zero-order valence-electron chi connectivity index (χ0n) is 42.0. The number of carbonyl (C=O) groups excluding carboxylic acids is 1. The number of rotatable bonds is 17. The summed E-state index contributed by atoms with van der Waals surface area (Å²) in [5.41, 5.74) is 5.44. The first-order valence-corrected chi connectivity index (χ1v) is 25.2. The topological polar surface area (TPSA) is 337 Å². The number of hydrogen-bond donors (Lipinski definition) is 2. The number of anilines is 1. The van der Waals surface area contributed by atoms with E-state index in [1.54, 1.807) is 97.1 Å². The molecule has 0 aliphatic heterocycles. The van der Waals surface area contributed by atoms with Gasteiger partial charge in [0.05, 0.1) is 79.4 Å². The van der Waals surface area contributed by atoms with Crippen molar-refractivity contribution in [2.45, 2.75) is 26.5 Å². The van der Waals surface area contributed by atoms with Crippen LogP contribution in [0.3, 0.4) is 0 Å². The molecule has 2 amide bonds. The smallest absolute Gasteiger partial charge is 0.744 e. The van der Waals surface area contributed by atoms with Crippen molar-refractivity contribution < 1.29 is 135 Å². The molecule has 8 rings (SSSR count). The molecule has 378 valence electrons. The molecule has 0 radical (unpaired) electrons. The van der Waals surface area contributed by atoms with Crippen molar-refractivity contribution in [2.24, 2.45) is 40.9 Å². The predicted molar refractivity (Wildman–Crippen MR) is 265 cm³/mol. The van der Waals surface area contributed by atoms with E-state index in [1.807, 2.05) is 19.1 Å². The number of amides is 2. The van der Waals surface area contributed by atoms with Crippen molar-refractivity contribution in [1.82, 2.24) is 5.32 Å². The summed E-state index contributed by atoms with van der Waals surface area (Å²) in [5.74, 6) is 0. The predicted octanol–water partition coefficient (Wildman–Crippen LogP) is -0.314. The van der Waals surface area contributed by atoms with Crippen LogP contribution >= 0.6 is 24.1 Å². The van der Waals surface area contributed by atoms with E-state index in [1.165, 1.54) is 43.4 Å². The second kappa shape index (κ2) is 32.0. The first kappa shape index (κ1) is 66.9. The molecule has 8 aromatic rings. The van der Waals surface area contributed by atoms with Gasteiger partial charge >= 0.3 is 81.5 Å². The summed E-state index contributed by atoms with van der Waals surface area (Å²) in [6, 6.07) is 41.2. The number of nitrogens with one attached hydrogen (secondary N) is 2. The van der Waals surface area contributed by atoms with Crippen LogP contribution in [-0.2, 0) is 39.0 Å². The number of benzene rings is 8. The van der Waals surface area contributed by atoms with Crippen molar-refractivity contribution in [3.63, 3.8) is 0 Å². The zero-order chi connectivity index (χ0) is 52.7. The van der Waals surface area contributed by atoms with E-state index in [4.69, 9.17) is 0 Å². The van der Waals surface area contributed by atoms with Gasteiger partial charge in [0, 0.05) is 44.1 Å². The average Bonchev–Trinajstić information content (AvgIpc) is 3.45. The van der Waals surface area contributed by atoms with Gasteiger partial charge in [-0.15, -0.1) is 20.5 Å². The summed E-state index contributed by atoms with van der Waals surface area (Å²) in [6.07, 6.45) is 0. The summed E-state index contributed by atoms with van der Waals surface area (Å²) < 4.78 is 76.7. The SMILES string of the molecule is CNC(=O)Nc1ccc(N=Nc2ccc(N=Nc3ccc(SOO[O-])cc3)c3cc(SOO[O-])ccc23)cc1.Cc1ccc(N=Nc2ccc(N=Nc3ccc(S(=O)(=O)[O-])cc3)c3cc(S(=O)(=O)[O-])ccc23)cc1.[Li+].[Li+].[Li+].[Li+]. The molecule has 23 nitrogen and oxygen atoms in total. The molecule has 0 saturated heterocycles. The minimum absolute atomic E-state index is 0. The minimum Gasteiger partial charge on any atom is -0.744 e. The van der Waals surface area contributed by atoms with Gasteiger partial charge in [-0.05, 0) is 140 Å². The second-order valence-corrected chi connectivity index (χ2v) is 19.2. The van der Waals surface area contributed by atoms with Crippen molar-refractivity contribution in [3.8, 4) is 0 Å². The molecule has 0 aliphatic carbocycles. The Morgan fingerprint density at radius 3 is 1.24 bits per heavy atom. The maximum absolute atomic E-state index is 11.6. The second-order valence-electron chi connectivity index (χ2n) is 14.8. The molecule has 78 heavy (non-hydrogen) atoms. The van der Waals surface area contributed by atoms with E-state index in [-0.39, 0.29) is 92.8 Å². The number of azo groups is 4. The van der Waals surface area contributed by atoms with E-state index in [2.05, 4.69) is 70.3 Å². The fourth-order valence-electron chi connectivity index (χ4n) is 6.37. The fraction of sp³-hybridized carbons (Fsp3) is 0.0426. The molecule has 0 fully saturated rings. The number of aryl methyl sites for hydroxylation is 1. The third-order valence-electron chi connectivity index (χ3n) is 9.93. The van der Waals surface area contributed by atoms with Crippen LogP contribution in [-0.4, -0.2) is 39.0 Å². The summed E-state index contributed by atoms with van der Waals surface area (Å²) in [7, 11) is -7.80. The Labute approximate surface area is 502 Å². The fourth-order valence-corrected chi connectivity index (χ4v) is 8.08. The van der Waals surface area contributed by atoms with Crippen LogP contribution in [0.25, 0.3) is 21.5 Å². The molecule has 0 saturated carbocycles. The molecule has 0 aromatic heterocycles. The van der Waals surface area contributed by atoms with E-state index in [0.29, 0.717) is 65.8 Å². The molecule has 2 N–H and O–H groups in total. The molecule has 8 aromatic carbocycles. The number of hydrogen-bond acceptors (Lipinski definition) is 23. The van der Waals surface area contributed by atoms with Crippen molar-refractivity contribution in [2.75, 3.05) is 12.4 Å². The largest absolute Gasteiger partial charge is 1.00 e. The van der Waals surface area contributed by atoms with E-state index >= 15 is 0 Å². The van der Waals surface area contributed by atoms with Gasteiger partial charge in [0.1, 0.15) is 20.2 Å². The summed E-state index contributed by atoms with van der Waals surface area (Å²) in [6.45, 7) is 1.95. The van der Waals surface area contributed by atoms with Gasteiger partial charge in [-0.25, -0.2) is 21.6 Å². The Morgan fingerprint density at radius 1 is 0.449 bits per heavy atom. The van der Waals surface area contributed by atoms with Gasteiger partial charge in [-0.3, -0.25) is 10.1 Å². The molecule has 0 atom stereocenters. The normalized spacial score (nSPS) is 11.4. The first-order valence-electron chi connectivity index (χ1n) is 20.9. The Bertz CT molecular complexity index is 3650. The van der Waals surface area contributed by atoms with Crippen LogP contribution in [0.5, 0.6) is 0 Å². The van der Waals surface area contributed by atoms with E-state index in [9.17, 15) is 41.3 Å². The van der Waals surface area contributed by atoms with Gasteiger partial charge in [-0.2, -0.15) is 29.1 Å². The van der Waals surface area contributed by atoms with Gasteiger partial charge in [-0.1, -0.05) is 29.8 Å². The van der Waals surface area contributed by atoms with Gasteiger partial charge in [0.2, 0.25) is 0 Å². The maximum atomic E-state index is 11.6. The Morgan fingerprint density at radius 2 is 0.808 bits per heavy atom. The molecule has 0 aliphatic rings. The van der Waals surface area contributed by atoms with Crippen LogP contribution in [0.1, 0.15) is 5.56 Å².